The molecule has 3 nitrogen and oxygen atoms in total. The van der Waals surface area contributed by atoms with Crippen molar-refractivity contribution in [1.29, 1.82) is 0 Å². The summed E-state index contributed by atoms with van der Waals surface area (Å²) in [7, 11) is 0. The lowest BCUT2D eigenvalue weighted by molar-refractivity contribution is -0.139. The summed E-state index contributed by atoms with van der Waals surface area (Å²) >= 11 is 6.14. The first-order valence-electron chi connectivity index (χ1n) is 7.61. The summed E-state index contributed by atoms with van der Waals surface area (Å²) in [5, 5.41) is 0.756. The first kappa shape index (κ1) is 16.2. The molecule has 1 fully saturated rings. The summed E-state index contributed by atoms with van der Waals surface area (Å²) in [6, 6.07) is 4.37. The van der Waals surface area contributed by atoms with Crippen molar-refractivity contribution in [2.45, 2.75) is 59.0 Å². The number of hydrogen-bond donors (Lipinski definition) is 0. The normalized spacial score (nSPS) is 22.2. The third-order valence-electron chi connectivity index (χ3n) is 4.25. The Morgan fingerprint density at radius 3 is 2.29 bits per heavy atom. The van der Waals surface area contributed by atoms with E-state index < -0.39 is 0 Å². The summed E-state index contributed by atoms with van der Waals surface area (Å²) in [5.41, 5.74) is 1.94. The van der Waals surface area contributed by atoms with Crippen LogP contribution in [0, 0.1) is 13.8 Å². The van der Waals surface area contributed by atoms with Crippen molar-refractivity contribution >= 4 is 17.5 Å². The van der Waals surface area contributed by atoms with Gasteiger partial charge in [-0.15, -0.1) is 0 Å². The zero-order valence-corrected chi connectivity index (χ0v) is 14.0. The standard InChI is InChI=1S/C17H24ClNO2/c1-11-8-15(9-12(2)17(11)18)21-10-16(20)19-13(3)6-5-7-14(19)4/h8-9,13-14H,5-7,10H2,1-4H3. The minimum Gasteiger partial charge on any atom is -0.484 e. The molecule has 1 aromatic carbocycles. The van der Waals surface area contributed by atoms with Crippen LogP contribution < -0.4 is 4.74 Å². The molecule has 0 aromatic heterocycles. The van der Waals surface area contributed by atoms with Crippen molar-refractivity contribution in [2.75, 3.05) is 6.61 Å². The number of aryl methyl sites for hydroxylation is 2. The van der Waals surface area contributed by atoms with Crippen LogP contribution in [0.5, 0.6) is 5.75 Å². The number of rotatable bonds is 3. The first-order valence-corrected chi connectivity index (χ1v) is 7.98. The van der Waals surface area contributed by atoms with Crippen LogP contribution in [0.15, 0.2) is 12.1 Å². The SMILES string of the molecule is Cc1cc(OCC(=O)N2C(C)CCCC2C)cc(C)c1Cl. The molecule has 2 rings (SSSR count). The van der Waals surface area contributed by atoms with Crippen molar-refractivity contribution in [1.82, 2.24) is 4.90 Å². The van der Waals surface area contributed by atoms with E-state index in [0.717, 1.165) is 29.0 Å². The molecule has 1 aromatic rings. The molecule has 0 N–H and O–H groups in total. The highest BCUT2D eigenvalue weighted by Crippen LogP contribution is 2.26. The maximum absolute atomic E-state index is 12.4. The summed E-state index contributed by atoms with van der Waals surface area (Å²) < 4.78 is 5.68. The van der Waals surface area contributed by atoms with Crippen LogP contribution in [-0.2, 0) is 4.79 Å². The molecule has 1 heterocycles. The number of benzene rings is 1. The number of carbonyl (C=O) groups is 1. The average Bonchev–Trinajstić information content (AvgIpc) is 2.42. The van der Waals surface area contributed by atoms with Crippen LogP contribution in [-0.4, -0.2) is 29.5 Å². The van der Waals surface area contributed by atoms with E-state index in [-0.39, 0.29) is 12.5 Å². The van der Waals surface area contributed by atoms with Crippen molar-refractivity contribution < 1.29 is 9.53 Å². The lowest BCUT2D eigenvalue weighted by Crippen LogP contribution is -2.49. The molecule has 0 saturated carbocycles. The van der Waals surface area contributed by atoms with Gasteiger partial charge in [0.25, 0.3) is 5.91 Å². The number of likely N-dealkylation sites (tertiary alicyclic amines) is 1. The predicted molar refractivity (Wildman–Crippen MR) is 86.0 cm³/mol. The predicted octanol–water partition coefficient (Wildman–Crippen LogP) is 4.13. The molecule has 1 aliphatic rings. The number of amides is 1. The van der Waals surface area contributed by atoms with Gasteiger partial charge in [0.05, 0.1) is 0 Å². The Balaban J connectivity index is 2.01. The van der Waals surface area contributed by atoms with Crippen LogP contribution in [0.25, 0.3) is 0 Å². The topological polar surface area (TPSA) is 29.5 Å². The number of ether oxygens (including phenoxy) is 1. The van der Waals surface area contributed by atoms with E-state index in [2.05, 4.69) is 13.8 Å². The molecule has 2 atom stereocenters. The van der Waals surface area contributed by atoms with E-state index in [0.29, 0.717) is 17.8 Å². The van der Waals surface area contributed by atoms with Crippen molar-refractivity contribution in [3.05, 3.63) is 28.3 Å². The van der Waals surface area contributed by atoms with Gasteiger partial charge in [0.1, 0.15) is 5.75 Å². The van der Waals surface area contributed by atoms with Gasteiger partial charge in [-0.2, -0.15) is 0 Å². The number of carbonyl (C=O) groups excluding carboxylic acids is 1. The van der Waals surface area contributed by atoms with Crippen LogP contribution in [0.4, 0.5) is 0 Å². The zero-order chi connectivity index (χ0) is 15.6. The summed E-state index contributed by atoms with van der Waals surface area (Å²) in [4.78, 5) is 14.4. The number of halogens is 1. The maximum atomic E-state index is 12.4. The molecule has 0 spiro atoms. The highest BCUT2D eigenvalue weighted by molar-refractivity contribution is 6.32. The molecule has 1 amide bonds. The molecule has 4 heteroatoms. The smallest absolute Gasteiger partial charge is 0.260 e. The number of piperidine rings is 1. The van der Waals surface area contributed by atoms with Crippen LogP contribution in [0.3, 0.4) is 0 Å². The van der Waals surface area contributed by atoms with E-state index in [9.17, 15) is 4.79 Å². The fraction of sp³-hybridized carbons (Fsp3) is 0.588. The maximum Gasteiger partial charge on any atom is 0.260 e. The van der Waals surface area contributed by atoms with Gasteiger partial charge in [-0.1, -0.05) is 11.6 Å². The first-order chi connectivity index (χ1) is 9.90. The molecule has 1 saturated heterocycles. The molecule has 0 bridgehead atoms. The lowest BCUT2D eigenvalue weighted by atomic mass is 9.97. The minimum atomic E-state index is 0.0694. The quantitative estimate of drug-likeness (QED) is 0.840. The van der Waals surface area contributed by atoms with E-state index in [1.165, 1.54) is 6.42 Å². The Kier molecular flexibility index (Phi) is 5.15. The summed E-state index contributed by atoms with van der Waals surface area (Å²) in [5.74, 6) is 0.778. The molecule has 0 aliphatic carbocycles. The van der Waals surface area contributed by atoms with E-state index in [1.54, 1.807) is 0 Å². The van der Waals surface area contributed by atoms with Gasteiger partial charge in [0.15, 0.2) is 6.61 Å². The lowest BCUT2D eigenvalue weighted by Gasteiger charge is -2.39. The van der Waals surface area contributed by atoms with E-state index >= 15 is 0 Å². The third kappa shape index (κ3) is 3.70. The zero-order valence-electron chi connectivity index (χ0n) is 13.3. The van der Waals surface area contributed by atoms with Gasteiger partial charge in [-0.05, 0) is 70.2 Å². The third-order valence-corrected chi connectivity index (χ3v) is 4.85. The van der Waals surface area contributed by atoms with E-state index in [1.807, 2.05) is 30.9 Å². The van der Waals surface area contributed by atoms with Crippen LogP contribution in [0.2, 0.25) is 5.02 Å². The number of hydrogen-bond acceptors (Lipinski definition) is 2. The highest BCUT2D eigenvalue weighted by atomic mass is 35.5. The summed E-state index contributed by atoms with van der Waals surface area (Å²) in [6.45, 7) is 8.21. The minimum absolute atomic E-state index is 0.0694. The molecule has 0 radical (unpaired) electrons. The van der Waals surface area contributed by atoms with Gasteiger partial charge in [0.2, 0.25) is 0 Å². The van der Waals surface area contributed by atoms with Gasteiger partial charge >= 0.3 is 0 Å². The van der Waals surface area contributed by atoms with Crippen LogP contribution in [0.1, 0.15) is 44.2 Å². The Bertz CT molecular complexity index is 497. The molecule has 21 heavy (non-hydrogen) atoms. The summed E-state index contributed by atoms with van der Waals surface area (Å²) in [6.07, 6.45) is 3.35. The van der Waals surface area contributed by atoms with Gasteiger partial charge in [0, 0.05) is 17.1 Å². The molecule has 2 unspecified atom stereocenters. The van der Waals surface area contributed by atoms with Crippen molar-refractivity contribution in [2.24, 2.45) is 0 Å². The second kappa shape index (κ2) is 6.69. The largest absolute Gasteiger partial charge is 0.484 e. The second-order valence-corrected chi connectivity index (χ2v) is 6.47. The fourth-order valence-electron chi connectivity index (χ4n) is 3.12. The fourth-order valence-corrected chi connectivity index (χ4v) is 3.23. The Hall–Kier alpha value is -1.22. The second-order valence-electron chi connectivity index (χ2n) is 6.09. The molecule has 1 aliphatic heterocycles. The van der Waals surface area contributed by atoms with E-state index in [4.69, 9.17) is 16.3 Å². The Morgan fingerprint density at radius 1 is 1.24 bits per heavy atom. The van der Waals surface area contributed by atoms with Crippen molar-refractivity contribution in [3.63, 3.8) is 0 Å². The van der Waals surface area contributed by atoms with Gasteiger partial charge < -0.3 is 9.64 Å². The van der Waals surface area contributed by atoms with Gasteiger partial charge in [-0.3, -0.25) is 4.79 Å². The molecular formula is C17H24ClNO2. The Morgan fingerprint density at radius 2 is 1.76 bits per heavy atom. The van der Waals surface area contributed by atoms with Crippen LogP contribution >= 0.6 is 11.6 Å². The molecule has 116 valence electrons. The number of nitrogens with zero attached hydrogens (tertiary/aromatic N) is 1. The molecular weight excluding hydrogens is 286 g/mol. The van der Waals surface area contributed by atoms with Crippen molar-refractivity contribution in [3.8, 4) is 5.75 Å². The Labute approximate surface area is 132 Å². The average molecular weight is 310 g/mol. The monoisotopic (exact) mass is 309 g/mol. The highest BCUT2D eigenvalue weighted by Gasteiger charge is 2.28. The van der Waals surface area contributed by atoms with Gasteiger partial charge in [-0.25, -0.2) is 0 Å².